The predicted molar refractivity (Wildman–Crippen MR) is 84.4 cm³/mol. The summed E-state index contributed by atoms with van der Waals surface area (Å²) in [5.74, 6) is -0.899. The number of aryl methyl sites for hydroxylation is 1. The van der Waals surface area contributed by atoms with E-state index in [2.05, 4.69) is 27.6 Å². The van der Waals surface area contributed by atoms with Crippen LogP contribution in [0.5, 0.6) is 0 Å². The molecule has 4 nitrogen and oxygen atoms in total. The maximum Gasteiger partial charge on any atom is 0.313 e. The van der Waals surface area contributed by atoms with Crippen LogP contribution in [0.4, 0.5) is 0 Å². The highest BCUT2D eigenvalue weighted by Crippen LogP contribution is 2.28. The molecule has 19 heavy (non-hydrogen) atoms. The molecular weight excluding hydrogens is 399 g/mol. The lowest BCUT2D eigenvalue weighted by Crippen LogP contribution is -2.01. The fourth-order valence-corrected chi connectivity index (χ4v) is 3.25. The van der Waals surface area contributed by atoms with Crippen LogP contribution in [0.25, 0.3) is 5.69 Å². The topological polar surface area (TPSA) is 55.1 Å². The minimum absolute atomic E-state index is 0.0293. The maximum absolute atomic E-state index is 10.7. The molecule has 0 amide bonds. The van der Waals surface area contributed by atoms with Crippen LogP contribution < -0.4 is 0 Å². The Morgan fingerprint density at radius 1 is 1.58 bits per heavy atom. The van der Waals surface area contributed by atoms with E-state index in [0.29, 0.717) is 10.2 Å². The molecule has 0 spiro atoms. The zero-order valence-corrected chi connectivity index (χ0v) is 13.7. The number of thioether (sulfide) groups is 1. The van der Waals surface area contributed by atoms with E-state index in [-0.39, 0.29) is 5.75 Å². The van der Waals surface area contributed by atoms with Gasteiger partial charge in [-0.05, 0) is 47.7 Å². The summed E-state index contributed by atoms with van der Waals surface area (Å²) < 4.78 is 2.87. The number of aliphatic carboxylic acids is 1. The van der Waals surface area contributed by atoms with E-state index in [1.807, 2.05) is 35.9 Å². The van der Waals surface area contributed by atoms with Crippen LogP contribution in [-0.4, -0.2) is 26.4 Å². The van der Waals surface area contributed by atoms with Crippen molar-refractivity contribution in [2.75, 3.05) is 5.75 Å². The predicted octanol–water partition coefficient (Wildman–Crippen LogP) is 3.62. The molecule has 1 N–H and O–H groups in total. The first-order chi connectivity index (χ1) is 8.97. The van der Waals surface area contributed by atoms with Crippen molar-refractivity contribution in [2.45, 2.75) is 12.1 Å². The van der Waals surface area contributed by atoms with Gasteiger partial charge >= 0.3 is 5.97 Å². The number of hydrogen-bond acceptors (Lipinski definition) is 3. The molecule has 0 aliphatic heterocycles. The van der Waals surface area contributed by atoms with Gasteiger partial charge in [0.05, 0.1) is 22.2 Å². The normalized spacial score (nSPS) is 10.7. The minimum atomic E-state index is -0.870. The van der Waals surface area contributed by atoms with Gasteiger partial charge in [-0.1, -0.05) is 23.4 Å². The Hall–Kier alpha value is -0.730. The highest BCUT2D eigenvalue weighted by molar-refractivity contribution is 14.1. The smallest absolute Gasteiger partial charge is 0.313 e. The van der Waals surface area contributed by atoms with E-state index in [0.717, 1.165) is 15.0 Å². The molecule has 0 fully saturated rings. The van der Waals surface area contributed by atoms with Crippen molar-refractivity contribution in [2.24, 2.45) is 0 Å². The van der Waals surface area contributed by atoms with Gasteiger partial charge in [0, 0.05) is 9.77 Å². The highest BCUT2D eigenvalue weighted by Gasteiger charge is 2.12. The van der Waals surface area contributed by atoms with E-state index in [1.165, 1.54) is 11.8 Å². The third kappa shape index (κ3) is 3.64. The lowest BCUT2D eigenvalue weighted by molar-refractivity contribution is -0.133. The quantitative estimate of drug-likeness (QED) is 0.620. The molecule has 0 bridgehead atoms. The Morgan fingerprint density at radius 2 is 2.32 bits per heavy atom. The average molecular weight is 409 g/mol. The monoisotopic (exact) mass is 408 g/mol. The highest BCUT2D eigenvalue weighted by atomic mass is 127. The van der Waals surface area contributed by atoms with E-state index < -0.39 is 5.97 Å². The lowest BCUT2D eigenvalue weighted by atomic mass is 10.3. The number of hydrogen-bond donors (Lipinski definition) is 1. The molecule has 1 aromatic carbocycles. The first-order valence-corrected chi connectivity index (χ1v) is 7.77. The molecule has 1 aromatic heterocycles. The van der Waals surface area contributed by atoms with Crippen LogP contribution in [0.3, 0.4) is 0 Å². The number of benzene rings is 1. The summed E-state index contributed by atoms with van der Waals surface area (Å²) in [5, 5.41) is 9.99. The Kier molecular flexibility index (Phi) is 4.75. The first-order valence-electron chi connectivity index (χ1n) is 5.33. The molecule has 0 aliphatic rings. The Morgan fingerprint density at radius 3 is 2.95 bits per heavy atom. The summed E-state index contributed by atoms with van der Waals surface area (Å²) >= 11 is 9.59. The molecule has 1 heterocycles. The lowest BCUT2D eigenvalue weighted by Gasteiger charge is -2.08. The number of aromatic nitrogens is 2. The standard InChI is InChI=1S/C12H10ClIN2O2S/c1-7-5-16(12(15-7)19-6-11(17)18)10-3-2-8(14)4-9(10)13/h2-5H,6H2,1H3,(H,17,18). The Bertz CT molecular complexity index is 630. The number of rotatable bonds is 4. The molecule has 7 heteroatoms. The van der Waals surface area contributed by atoms with E-state index in [1.54, 1.807) is 0 Å². The van der Waals surface area contributed by atoms with Crippen LogP contribution in [0.1, 0.15) is 5.69 Å². The van der Waals surface area contributed by atoms with Crippen molar-refractivity contribution in [3.8, 4) is 5.69 Å². The zero-order chi connectivity index (χ0) is 14.0. The van der Waals surface area contributed by atoms with Crippen LogP contribution in [0, 0.1) is 10.5 Å². The van der Waals surface area contributed by atoms with Crippen molar-refractivity contribution in [1.82, 2.24) is 9.55 Å². The second-order valence-corrected chi connectivity index (χ2v) is 6.41. The zero-order valence-electron chi connectivity index (χ0n) is 9.93. The summed E-state index contributed by atoms with van der Waals surface area (Å²) in [5.41, 5.74) is 1.62. The summed E-state index contributed by atoms with van der Waals surface area (Å²) in [7, 11) is 0. The molecule has 0 radical (unpaired) electrons. The number of carbonyl (C=O) groups is 1. The molecule has 0 saturated carbocycles. The van der Waals surface area contributed by atoms with Gasteiger partial charge in [-0.25, -0.2) is 4.98 Å². The fourth-order valence-electron chi connectivity index (χ4n) is 1.55. The van der Waals surface area contributed by atoms with Crippen LogP contribution in [0.2, 0.25) is 5.02 Å². The van der Waals surface area contributed by atoms with Gasteiger partial charge in [0.25, 0.3) is 0 Å². The number of carboxylic acid groups (broad SMARTS) is 1. The SMILES string of the molecule is Cc1cn(-c2ccc(I)cc2Cl)c(SCC(=O)O)n1. The van der Waals surface area contributed by atoms with Crippen LogP contribution >= 0.6 is 46.0 Å². The number of nitrogens with zero attached hydrogens (tertiary/aromatic N) is 2. The molecule has 0 saturated heterocycles. The van der Waals surface area contributed by atoms with Crippen molar-refractivity contribution in [3.05, 3.63) is 38.7 Å². The summed E-state index contributed by atoms with van der Waals surface area (Å²) in [6.45, 7) is 1.86. The molecule has 100 valence electrons. The van der Waals surface area contributed by atoms with Crippen molar-refractivity contribution >= 4 is 51.9 Å². The molecule has 2 rings (SSSR count). The largest absolute Gasteiger partial charge is 0.481 e. The summed E-state index contributed by atoms with van der Waals surface area (Å²) in [6, 6.07) is 5.71. The van der Waals surface area contributed by atoms with Gasteiger partial charge in [0.2, 0.25) is 0 Å². The third-order valence-corrected chi connectivity index (χ3v) is 4.20. The van der Waals surface area contributed by atoms with E-state index in [4.69, 9.17) is 16.7 Å². The van der Waals surface area contributed by atoms with Gasteiger partial charge in [0.1, 0.15) is 0 Å². The first kappa shape index (κ1) is 14.7. The van der Waals surface area contributed by atoms with Crippen molar-refractivity contribution < 1.29 is 9.90 Å². The van der Waals surface area contributed by atoms with E-state index >= 15 is 0 Å². The molecule has 0 unspecified atom stereocenters. The van der Waals surface area contributed by atoms with Gasteiger partial charge in [-0.3, -0.25) is 9.36 Å². The number of carboxylic acids is 1. The minimum Gasteiger partial charge on any atom is -0.481 e. The second-order valence-electron chi connectivity index (χ2n) is 3.81. The molecular formula is C12H10ClIN2O2S. The molecule has 2 aromatic rings. The van der Waals surface area contributed by atoms with Gasteiger partial charge in [0.15, 0.2) is 5.16 Å². The fraction of sp³-hybridized carbons (Fsp3) is 0.167. The summed E-state index contributed by atoms with van der Waals surface area (Å²) in [4.78, 5) is 15.0. The number of imidazole rings is 1. The van der Waals surface area contributed by atoms with Gasteiger partial charge in [-0.15, -0.1) is 0 Å². The van der Waals surface area contributed by atoms with E-state index in [9.17, 15) is 4.79 Å². The molecule has 0 atom stereocenters. The van der Waals surface area contributed by atoms with Gasteiger partial charge < -0.3 is 5.11 Å². The van der Waals surface area contributed by atoms with Gasteiger partial charge in [-0.2, -0.15) is 0 Å². The van der Waals surface area contributed by atoms with Crippen LogP contribution in [-0.2, 0) is 4.79 Å². The van der Waals surface area contributed by atoms with Crippen molar-refractivity contribution in [1.29, 1.82) is 0 Å². The average Bonchev–Trinajstić information content (AvgIpc) is 2.67. The molecule has 0 aliphatic carbocycles. The summed E-state index contributed by atoms with van der Waals surface area (Å²) in [6.07, 6.45) is 1.85. The Balaban J connectivity index is 2.40. The Labute approximate surface area is 133 Å². The second kappa shape index (κ2) is 6.15. The van der Waals surface area contributed by atoms with Crippen LogP contribution in [0.15, 0.2) is 29.6 Å². The number of halogens is 2. The maximum atomic E-state index is 10.7. The van der Waals surface area contributed by atoms with Crippen molar-refractivity contribution in [3.63, 3.8) is 0 Å². The third-order valence-electron chi connectivity index (χ3n) is 2.29.